The van der Waals surface area contributed by atoms with Crippen LogP contribution >= 0.6 is 0 Å². The highest BCUT2D eigenvalue weighted by Gasteiger charge is 2.26. The molecule has 1 saturated heterocycles. The highest BCUT2D eigenvalue weighted by atomic mass is 19.1. The van der Waals surface area contributed by atoms with Crippen molar-refractivity contribution >= 4 is 17.6 Å². The molecular formula is C20H22F2N4O2. The predicted molar refractivity (Wildman–Crippen MR) is 102 cm³/mol. The molecule has 1 aliphatic rings. The number of pyridine rings is 1. The number of halogens is 2. The van der Waals surface area contributed by atoms with Crippen LogP contribution in [0.15, 0.2) is 36.5 Å². The van der Waals surface area contributed by atoms with Gasteiger partial charge in [0.2, 0.25) is 11.8 Å². The van der Waals surface area contributed by atoms with Crippen molar-refractivity contribution in [2.24, 2.45) is 0 Å². The van der Waals surface area contributed by atoms with Crippen molar-refractivity contribution in [1.82, 2.24) is 14.8 Å². The van der Waals surface area contributed by atoms with Gasteiger partial charge in [0.25, 0.3) is 0 Å². The summed E-state index contributed by atoms with van der Waals surface area (Å²) in [4.78, 5) is 31.7. The Bertz CT molecular complexity index is 853. The number of hydrogen-bond donors (Lipinski definition) is 1. The van der Waals surface area contributed by atoms with E-state index in [2.05, 4.69) is 10.3 Å². The van der Waals surface area contributed by atoms with Gasteiger partial charge >= 0.3 is 0 Å². The number of benzene rings is 1. The van der Waals surface area contributed by atoms with Gasteiger partial charge in [-0.05, 0) is 36.8 Å². The lowest BCUT2D eigenvalue weighted by molar-refractivity contribution is -0.133. The van der Waals surface area contributed by atoms with Gasteiger partial charge in [0, 0.05) is 50.4 Å². The van der Waals surface area contributed by atoms with Crippen LogP contribution in [0.2, 0.25) is 0 Å². The molecule has 0 spiro atoms. The summed E-state index contributed by atoms with van der Waals surface area (Å²) >= 11 is 0. The topological polar surface area (TPSA) is 65.5 Å². The predicted octanol–water partition coefficient (Wildman–Crippen LogP) is 2.52. The first-order valence-corrected chi connectivity index (χ1v) is 9.04. The van der Waals surface area contributed by atoms with Gasteiger partial charge in [0.05, 0.1) is 6.54 Å². The first-order chi connectivity index (χ1) is 13.3. The number of aromatic nitrogens is 1. The van der Waals surface area contributed by atoms with Crippen molar-refractivity contribution < 1.29 is 18.4 Å². The smallest absolute Gasteiger partial charge is 0.239 e. The summed E-state index contributed by atoms with van der Waals surface area (Å²) in [7, 11) is 0. The molecule has 1 aliphatic heterocycles. The second-order valence-electron chi connectivity index (χ2n) is 6.93. The van der Waals surface area contributed by atoms with Crippen LogP contribution in [0, 0.1) is 11.6 Å². The molecule has 2 heterocycles. The zero-order valence-corrected chi connectivity index (χ0v) is 15.8. The Balaban J connectivity index is 1.57. The third kappa shape index (κ3) is 4.89. The number of amides is 2. The normalized spacial score (nSPS) is 17.4. The molecule has 0 radical (unpaired) electrons. The monoisotopic (exact) mass is 388 g/mol. The Hall–Kier alpha value is -2.87. The van der Waals surface area contributed by atoms with Crippen LogP contribution in [0.4, 0.5) is 14.6 Å². The molecule has 1 aromatic heterocycles. The molecule has 6 nitrogen and oxygen atoms in total. The fourth-order valence-corrected chi connectivity index (χ4v) is 3.39. The molecule has 1 atom stereocenters. The van der Waals surface area contributed by atoms with Crippen molar-refractivity contribution in [3.63, 3.8) is 0 Å². The summed E-state index contributed by atoms with van der Waals surface area (Å²) in [6.45, 7) is 5.57. The first-order valence-electron chi connectivity index (χ1n) is 9.04. The second-order valence-corrected chi connectivity index (χ2v) is 6.93. The van der Waals surface area contributed by atoms with E-state index in [1.165, 1.54) is 18.3 Å². The van der Waals surface area contributed by atoms with E-state index in [1.54, 1.807) is 24.0 Å². The van der Waals surface area contributed by atoms with E-state index >= 15 is 0 Å². The fourth-order valence-electron chi connectivity index (χ4n) is 3.39. The lowest BCUT2D eigenvalue weighted by Crippen LogP contribution is -2.54. The summed E-state index contributed by atoms with van der Waals surface area (Å²) in [6.07, 6.45) is 1.46. The molecule has 1 fully saturated rings. The van der Waals surface area contributed by atoms with Crippen LogP contribution in [0.1, 0.15) is 13.8 Å². The second kappa shape index (κ2) is 8.43. The van der Waals surface area contributed by atoms with E-state index < -0.39 is 11.6 Å². The molecule has 0 aliphatic carbocycles. The molecular weight excluding hydrogens is 366 g/mol. The van der Waals surface area contributed by atoms with E-state index in [0.29, 0.717) is 36.6 Å². The molecule has 0 saturated carbocycles. The summed E-state index contributed by atoms with van der Waals surface area (Å²) in [5.41, 5.74) is 0.922. The van der Waals surface area contributed by atoms with Crippen molar-refractivity contribution in [2.45, 2.75) is 19.9 Å². The third-order valence-electron chi connectivity index (χ3n) is 4.71. The van der Waals surface area contributed by atoms with Crippen LogP contribution in [0.5, 0.6) is 0 Å². The Kier molecular flexibility index (Phi) is 5.99. The molecule has 1 aromatic carbocycles. The van der Waals surface area contributed by atoms with E-state index in [1.807, 2.05) is 11.8 Å². The lowest BCUT2D eigenvalue weighted by Gasteiger charge is -2.39. The minimum atomic E-state index is -0.661. The van der Waals surface area contributed by atoms with Gasteiger partial charge < -0.3 is 10.2 Å². The van der Waals surface area contributed by atoms with E-state index in [0.717, 1.165) is 6.07 Å². The highest BCUT2D eigenvalue weighted by Crippen LogP contribution is 2.22. The van der Waals surface area contributed by atoms with Crippen LogP contribution in [0.3, 0.4) is 0 Å². The zero-order valence-electron chi connectivity index (χ0n) is 15.8. The van der Waals surface area contributed by atoms with Crippen LogP contribution in [-0.2, 0) is 9.59 Å². The molecule has 1 N–H and O–H groups in total. The number of anilines is 1. The number of hydrogen-bond acceptors (Lipinski definition) is 4. The van der Waals surface area contributed by atoms with Crippen LogP contribution in [0.25, 0.3) is 11.1 Å². The molecule has 8 heteroatoms. The quantitative estimate of drug-likeness (QED) is 0.874. The Morgan fingerprint density at radius 1 is 1.14 bits per heavy atom. The number of carbonyl (C=O) groups is 2. The number of nitrogens with one attached hydrogen (secondary N) is 1. The molecule has 0 unspecified atom stereocenters. The Labute approximate surface area is 162 Å². The van der Waals surface area contributed by atoms with E-state index in [9.17, 15) is 18.4 Å². The highest BCUT2D eigenvalue weighted by molar-refractivity contribution is 5.91. The summed E-state index contributed by atoms with van der Waals surface area (Å²) < 4.78 is 26.7. The molecule has 148 valence electrons. The largest absolute Gasteiger partial charge is 0.338 e. The number of carbonyl (C=O) groups excluding carboxylic acids is 2. The third-order valence-corrected chi connectivity index (χ3v) is 4.71. The van der Waals surface area contributed by atoms with Gasteiger partial charge in [-0.3, -0.25) is 14.5 Å². The number of piperazine rings is 1. The molecule has 0 bridgehead atoms. The van der Waals surface area contributed by atoms with Gasteiger partial charge in [0.15, 0.2) is 0 Å². The molecule has 28 heavy (non-hydrogen) atoms. The maximum atomic E-state index is 13.3. The molecule has 3 rings (SSSR count). The van der Waals surface area contributed by atoms with Crippen molar-refractivity contribution in [1.29, 1.82) is 0 Å². The maximum absolute atomic E-state index is 13.3. The van der Waals surface area contributed by atoms with Gasteiger partial charge in [-0.2, -0.15) is 0 Å². The minimum absolute atomic E-state index is 0.0408. The van der Waals surface area contributed by atoms with Gasteiger partial charge in [-0.25, -0.2) is 13.8 Å². The standard InChI is InChI=1S/C20H22F2N4O2/c1-13-11-25(5-6-26(13)14(2)27)12-20(28)24-19-4-3-15(10-23-19)16-7-17(21)9-18(22)8-16/h3-4,7-10,13H,5-6,11-12H2,1-2H3,(H,23,24,28)/t13-/m0/s1. The Morgan fingerprint density at radius 3 is 2.43 bits per heavy atom. The summed E-state index contributed by atoms with van der Waals surface area (Å²) in [6, 6.07) is 6.54. The van der Waals surface area contributed by atoms with Gasteiger partial charge in [-0.15, -0.1) is 0 Å². The minimum Gasteiger partial charge on any atom is -0.338 e. The SMILES string of the molecule is CC(=O)N1CCN(CC(=O)Nc2ccc(-c3cc(F)cc(F)c3)cn2)C[C@@H]1C. The van der Waals surface area contributed by atoms with Gasteiger partial charge in [-0.1, -0.05) is 0 Å². The van der Waals surface area contributed by atoms with Crippen LogP contribution in [-0.4, -0.2) is 58.8 Å². The molecule has 2 aromatic rings. The van der Waals surface area contributed by atoms with Crippen molar-refractivity contribution in [2.75, 3.05) is 31.5 Å². The van der Waals surface area contributed by atoms with Crippen LogP contribution < -0.4 is 5.32 Å². The average molecular weight is 388 g/mol. The zero-order chi connectivity index (χ0) is 20.3. The lowest BCUT2D eigenvalue weighted by atomic mass is 10.1. The number of nitrogens with zero attached hydrogens (tertiary/aromatic N) is 3. The van der Waals surface area contributed by atoms with E-state index in [4.69, 9.17) is 0 Å². The van der Waals surface area contributed by atoms with Crippen molar-refractivity contribution in [3.8, 4) is 11.1 Å². The maximum Gasteiger partial charge on any atom is 0.239 e. The average Bonchev–Trinajstić information content (AvgIpc) is 2.61. The fraction of sp³-hybridized carbons (Fsp3) is 0.350. The Morgan fingerprint density at radius 2 is 1.86 bits per heavy atom. The van der Waals surface area contributed by atoms with Crippen molar-refractivity contribution in [3.05, 3.63) is 48.2 Å². The van der Waals surface area contributed by atoms with Gasteiger partial charge in [0.1, 0.15) is 17.5 Å². The van der Waals surface area contributed by atoms with E-state index in [-0.39, 0.29) is 24.4 Å². The summed E-state index contributed by atoms with van der Waals surface area (Å²) in [5.74, 6) is -1.13. The summed E-state index contributed by atoms with van der Waals surface area (Å²) in [5, 5.41) is 2.72. The number of rotatable bonds is 4. The molecule has 2 amide bonds. The first kappa shape index (κ1) is 19.9.